The van der Waals surface area contributed by atoms with Gasteiger partial charge in [-0.2, -0.15) is 0 Å². The Balaban J connectivity index is 1.38. The number of hydrogen-bond donors (Lipinski definition) is 1. The highest BCUT2D eigenvalue weighted by molar-refractivity contribution is 5.91. The monoisotopic (exact) mass is 374 g/mol. The first-order chi connectivity index (χ1) is 13.0. The van der Waals surface area contributed by atoms with Gasteiger partial charge in [0, 0.05) is 38.7 Å². The van der Waals surface area contributed by atoms with E-state index in [-0.39, 0.29) is 24.2 Å². The Morgan fingerprint density at radius 2 is 1.89 bits per heavy atom. The van der Waals surface area contributed by atoms with E-state index in [1.165, 1.54) is 12.1 Å². The van der Waals surface area contributed by atoms with Gasteiger partial charge in [0.1, 0.15) is 11.6 Å². The first kappa shape index (κ1) is 19.0. The quantitative estimate of drug-likeness (QED) is 0.835. The average Bonchev–Trinajstić information content (AvgIpc) is 3.06. The molecule has 1 fully saturated rings. The molecule has 0 atom stereocenters. The fourth-order valence-corrected chi connectivity index (χ4v) is 3.03. The number of carbonyl (C=O) groups excluding carboxylic acids is 2. The van der Waals surface area contributed by atoms with E-state index in [0.29, 0.717) is 50.6 Å². The van der Waals surface area contributed by atoms with Crippen LogP contribution < -0.4 is 5.32 Å². The Kier molecular flexibility index (Phi) is 6.18. The van der Waals surface area contributed by atoms with Crippen LogP contribution in [0.3, 0.4) is 0 Å². The van der Waals surface area contributed by atoms with Crippen molar-refractivity contribution < 1.29 is 18.5 Å². The minimum absolute atomic E-state index is 0.0847. The molecule has 144 valence electrons. The molecule has 2 aromatic rings. The van der Waals surface area contributed by atoms with E-state index < -0.39 is 0 Å². The van der Waals surface area contributed by atoms with Gasteiger partial charge >= 0.3 is 0 Å². The summed E-state index contributed by atoms with van der Waals surface area (Å²) < 4.78 is 17.8. The van der Waals surface area contributed by atoms with E-state index >= 15 is 0 Å². The highest BCUT2D eigenvalue weighted by Crippen LogP contribution is 2.10. The van der Waals surface area contributed by atoms with Crippen LogP contribution >= 0.6 is 0 Å². The third-order valence-electron chi connectivity index (χ3n) is 4.53. The van der Waals surface area contributed by atoms with Gasteiger partial charge in [0.25, 0.3) is 0 Å². The van der Waals surface area contributed by atoms with Crippen molar-refractivity contribution in [2.24, 2.45) is 0 Å². The molecule has 27 heavy (non-hydrogen) atoms. The molecule has 0 saturated carbocycles. The van der Waals surface area contributed by atoms with Crippen LogP contribution in [0.4, 0.5) is 10.2 Å². The van der Waals surface area contributed by atoms with E-state index in [2.05, 4.69) is 10.5 Å². The maximum atomic E-state index is 12.9. The summed E-state index contributed by atoms with van der Waals surface area (Å²) in [5.74, 6) is 0.704. The number of hydrogen-bond acceptors (Lipinski definition) is 5. The molecule has 0 aliphatic carbocycles. The van der Waals surface area contributed by atoms with Crippen molar-refractivity contribution in [3.8, 4) is 0 Å². The SMILES string of the molecule is Cc1cc(NC(=O)CN2CCN(C(=O)CCc3ccc(F)cc3)CC2)no1. The van der Waals surface area contributed by atoms with Gasteiger partial charge < -0.3 is 14.7 Å². The number of halogens is 1. The second-order valence-electron chi connectivity index (χ2n) is 6.65. The average molecular weight is 374 g/mol. The lowest BCUT2D eigenvalue weighted by Gasteiger charge is -2.34. The zero-order chi connectivity index (χ0) is 19.2. The van der Waals surface area contributed by atoms with Crippen molar-refractivity contribution >= 4 is 17.6 Å². The first-order valence-corrected chi connectivity index (χ1v) is 8.97. The van der Waals surface area contributed by atoms with Gasteiger partial charge in [-0.15, -0.1) is 0 Å². The molecule has 0 unspecified atom stereocenters. The molecular weight excluding hydrogens is 351 g/mol. The molecule has 1 aliphatic rings. The predicted molar refractivity (Wildman–Crippen MR) is 97.6 cm³/mol. The van der Waals surface area contributed by atoms with Crippen molar-refractivity contribution in [1.82, 2.24) is 15.0 Å². The number of amides is 2. The van der Waals surface area contributed by atoms with Gasteiger partial charge in [-0.05, 0) is 31.0 Å². The lowest BCUT2D eigenvalue weighted by Crippen LogP contribution is -2.50. The van der Waals surface area contributed by atoms with Gasteiger partial charge in [0.05, 0.1) is 6.54 Å². The van der Waals surface area contributed by atoms with E-state index in [1.54, 1.807) is 25.1 Å². The van der Waals surface area contributed by atoms with E-state index in [4.69, 9.17) is 4.52 Å². The molecule has 0 spiro atoms. The third kappa shape index (κ3) is 5.62. The predicted octanol–water partition coefficient (Wildman–Crippen LogP) is 1.84. The van der Waals surface area contributed by atoms with Crippen molar-refractivity contribution in [2.75, 3.05) is 38.0 Å². The summed E-state index contributed by atoms with van der Waals surface area (Å²) >= 11 is 0. The molecule has 1 saturated heterocycles. The van der Waals surface area contributed by atoms with Crippen molar-refractivity contribution in [3.05, 3.63) is 47.5 Å². The summed E-state index contributed by atoms with van der Waals surface area (Å²) in [5.41, 5.74) is 0.947. The van der Waals surface area contributed by atoms with E-state index in [9.17, 15) is 14.0 Å². The Morgan fingerprint density at radius 1 is 1.19 bits per heavy atom. The van der Waals surface area contributed by atoms with Crippen LogP contribution in [0.5, 0.6) is 0 Å². The zero-order valence-electron chi connectivity index (χ0n) is 15.3. The molecule has 2 amide bonds. The highest BCUT2D eigenvalue weighted by atomic mass is 19.1. The van der Waals surface area contributed by atoms with Gasteiger partial charge in [0.15, 0.2) is 5.82 Å². The number of aryl methyl sites for hydroxylation is 2. The summed E-state index contributed by atoms with van der Waals surface area (Å²) in [5, 5.41) is 6.43. The summed E-state index contributed by atoms with van der Waals surface area (Å²) in [6, 6.07) is 7.88. The summed E-state index contributed by atoms with van der Waals surface area (Å²) in [6.07, 6.45) is 0.997. The minimum Gasteiger partial charge on any atom is -0.360 e. The number of carbonyl (C=O) groups is 2. The number of aromatic nitrogens is 1. The topological polar surface area (TPSA) is 78.7 Å². The molecular formula is C19H23FN4O3. The number of nitrogens with zero attached hydrogens (tertiary/aromatic N) is 3. The van der Waals surface area contributed by atoms with Gasteiger partial charge in [0.2, 0.25) is 11.8 Å². The summed E-state index contributed by atoms with van der Waals surface area (Å²) in [7, 11) is 0. The third-order valence-corrected chi connectivity index (χ3v) is 4.53. The van der Waals surface area contributed by atoms with Crippen LogP contribution in [0.15, 0.2) is 34.9 Å². The molecule has 1 N–H and O–H groups in total. The van der Waals surface area contributed by atoms with Crippen LogP contribution in [0.2, 0.25) is 0 Å². The first-order valence-electron chi connectivity index (χ1n) is 8.97. The fraction of sp³-hybridized carbons (Fsp3) is 0.421. The number of rotatable bonds is 6. The largest absolute Gasteiger partial charge is 0.360 e. The molecule has 2 heterocycles. The number of piperazine rings is 1. The van der Waals surface area contributed by atoms with Crippen LogP contribution in [-0.2, 0) is 16.0 Å². The molecule has 3 rings (SSSR count). The molecule has 1 aliphatic heterocycles. The zero-order valence-corrected chi connectivity index (χ0v) is 15.3. The number of anilines is 1. The molecule has 0 radical (unpaired) electrons. The number of nitrogens with one attached hydrogen (secondary N) is 1. The molecule has 0 bridgehead atoms. The van der Waals surface area contributed by atoms with Crippen molar-refractivity contribution in [2.45, 2.75) is 19.8 Å². The van der Waals surface area contributed by atoms with Gasteiger partial charge in [-0.25, -0.2) is 4.39 Å². The van der Waals surface area contributed by atoms with E-state index in [1.807, 2.05) is 9.80 Å². The number of benzene rings is 1. The van der Waals surface area contributed by atoms with Crippen LogP contribution in [0.1, 0.15) is 17.7 Å². The second-order valence-corrected chi connectivity index (χ2v) is 6.65. The lowest BCUT2D eigenvalue weighted by molar-refractivity contribution is -0.133. The van der Waals surface area contributed by atoms with Gasteiger partial charge in [-0.1, -0.05) is 17.3 Å². The second kappa shape index (κ2) is 8.77. The Morgan fingerprint density at radius 3 is 2.52 bits per heavy atom. The highest BCUT2D eigenvalue weighted by Gasteiger charge is 2.22. The van der Waals surface area contributed by atoms with Crippen LogP contribution in [-0.4, -0.2) is 59.5 Å². The Labute approximate surface area is 157 Å². The summed E-state index contributed by atoms with van der Waals surface area (Å²) in [4.78, 5) is 28.2. The molecule has 7 nitrogen and oxygen atoms in total. The minimum atomic E-state index is -0.274. The van der Waals surface area contributed by atoms with E-state index in [0.717, 1.165) is 5.56 Å². The Hall–Kier alpha value is -2.74. The maximum absolute atomic E-state index is 12.9. The van der Waals surface area contributed by atoms with Crippen molar-refractivity contribution in [1.29, 1.82) is 0 Å². The maximum Gasteiger partial charge on any atom is 0.239 e. The molecule has 8 heteroatoms. The van der Waals surface area contributed by atoms with Crippen LogP contribution in [0.25, 0.3) is 0 Å². The Bertz CT molecular complexity index is 783. The molecule has 1 aromatic carbocycles. The smallest absolute Gasteiger partial charge is 0.239 e. The normalized spacial score (nSPS) is 15.0. The lowest BCUT2D eigenvalue weighted by atomic mass is 10.1. The van der Waals surface area contributed by atoms with Crippen LogP contribution in [0, 0.1) is 12.7 Å². The standard InChI is InChI=1S/C19H23FN4O3/c1-14-12-17(22-27-14)21-18(25)13-23-8-10-24(11-9-23)19(26)7-4-15-2-5-16(20)6-3-15/h2-3,5-6,12H,4,7-11,13H2,1H3,(H,21,22,25). The molecule has 1 aromatic heterocycles. The van der Waals surface area contributed by atoms with Gasteiger partial charge in [-0.3, -0.25) is 14.5 Å². The fourth-order valence-electron chi connectivity index (χ4n) is 3.03. The summed E-state index contributed by atoms with van der Waals surface area (Å²) in [6.45, 7) is 4.50. The van der Waals surface area contributed by atoms with Crippen molar-refractivity contribution in [3.63, 3.8) is 0 Å².